The van der Waals surface area contributed by atoms with Crippen LogP contribution >= 0.6 is 0 Å². The zero-order valence-corrected chi connectivity index (χ0v) is 17.2. The Morgan fingerprint density at radius 1 is 1.30 bits per heavy atom. The Morgan fingerprint density at radius 3 is 2.87 bits per heavy atom. The zero-order valence-electron chi connectivity index (χ0n) is 17.2. The number of hydrogen-bond acceptors (Lipinski definition) is 6. The van der Waals surface area contributed by atoms with Crippen molar-refractivity contribution in [3.05, 3.63) is 71.7 Å². The van der Waals surface area contributed by atoms with E-state index in [4.69, 9.17) is 13.9 Å². The van der Waals surface area contributed by atoms with Crippen molar-refractivity contribution in [2.75, 3.05) is 33.4 Å². The van der Waals surface area contributed by atoms with E-state index in [1.807, 2.05) is 42.1 Å². The second-order valence-electron chi connectivity index (χ2n) is 7.23. The van der Waals surface area contributed by atoms with Crippen molar-refractivity contribution in [2.45, 2.75) is 12.6 Å². The fourth-order valence-corrected chi connectivity index (χ4v) is 3.61. The van der Waals surface area contributed by atoms with Gasteiger partial charge < -0.3 is 23.8 Å². The van der Waals surface area contributed by atoms with Gasteiger partial charge in [-0.2, -0.15) is 0 Å². The van der Waals surface area contributed by atoms with Crippen molar-refractivity contribution < 1.29 is 18.7 Å². The van der Waals surface area contributed by atoms with Gasteiger partial charge in [0, 0.05) is 32.5 Å². The van der Waals surface area contributed by atoms with Gasteiger partial charge in [-0.3, -0.25) is 9.69 Å². The maximum absolute atomic E-state index is 13.2. The Kier molecular flexibility index (Phi) is 6.15. The Morgan fingerprint density at radius 2 is 2.13 bits per heavy atom. The first-order valence-electron chi connectivity index (χ1n) is 9.94. The number of carbonyl (C=O) groups is 1. The summed E-state index contributed by atoms with van der Waals surface area (Å²) in [6.45, 7) is 3.60. The Hall–Kier alpha value is -3.10. The molecule has 0 radical (unpaired) electrons. The number of furan rings is 1. The van der Waals surface area contributed by atoms with Gasteiger partial charge >= 0.3 is 0 Å². The van der Waals surface area contributed by atoms with Crippen molar-refractivity contribution in [3.8, 4) is 5.75 Å². The number of nitrogens with one attached hydrogen (secondary N) is 1. The van der Waals surface area contributed by atoms with Gasteiger partial charge in [-0.15, -0.1) is 0 Å². The summed E-state index contributed by atoms with van der Waals surface area (Å²) >= 11 is 0. The maximum atomic E-state index is 13.2. The number of imidazole rings is 1. The van der Waals surface area contributed by atoms with E-state index < -0.39 is 6.04 Å². The number of rotatable bonds is 7. The van der Waals surface area contributed by atoms with Gasteiger partial charge in [0.15, 0.2) is 0 Å². The van der Waals surface area contributed by atoms with Gasteiger partial charge in [0.1, 0.15) is 23.4 Å². The first-order valence-corrected chi connectivity index (χ1v) is 9.94. The molecule has 0 spiro atoms. The Labute approximate surface area is 175 Å². The molecule has 1 saturated heterocycles. The van der Waals surface area contributed by atoms with Crippen LogP contribution in [0.15, 0.2) is 53.4 Å². The van der Waals surface area contributed by atoms with Crippen LogP contribution in [0.2, 0.25) is 0 Å². The fraction of sp³-hybridized carbons (Fsp3) is 0.364. The first kappa shape index (κ1) is 20.2. The molecular formula is C22H26N4O4. The number of ether oxygens (including phenoxy) is 2. The van der Waals surface area contributed by atoms with Crippen molar-refractivity contribution in [1.29, 1.82) is 0 Å². The van der Waals surface area contributed by atoms with Gasteiger partial charge in [0.25, 0.3) is 5.91 Å². The second-order valence-corrected chi connectivity index (χ2v) is 7.23. The van der Waals surface area contributed by atoms with E-state index >= 15 is 0 Å². The van der Waals surface area contributed by atoms with Crippen LogP contribution in [0.3, 0.4) is 0 Å². The van der Waals surface area contributed by atoms with E-state index in [2.05, 4.69) is 15.2 Å². The highest BCUT2D eigenvalue weighted by Crippen LogP contribution is 2.25. The average Bonchev–Trinajstić information content (AvgIpc) is 3.41. The molecule has 8 nitrogen and oxygen atoms in total. The topological polar surface area (TPSA) is 81.8 Å². The van der Waals surface area contributed by atoms with E-state index in [1.54, 1.807) is 25.6 Å². The smallest absolute Gasteiger partial charge is 0.255 e. The van der Waals surface area contributed by atoms with Crippen molar-refractivity contribution in [1.82, 2.24) is 19.8 Å². The molecular weight excluding hydrogens is 384 g/mol. The summed E-state index contributed by atoms with van der Waals surface area (Å²) in [7, 11) is 3.53. The van der Waals surface area contributed by atoms with E-state index in [0.29, 0.717) is 31.1 Å². The minimum atomic E-state index is -0.432. The largest absolute Gasteiger partial charge is 0.497 e. The predicted molar refractivity (Wildman–Crippen MR) is 110 cm³/mol. The number of methoxy groups -OCH3 is 1. The quantitative estimate of drug-likeness (QED) is 0.644. The van der Waals surface area contributed by atoms with E-state index in [1.165, 1.54) is 0 Å². The molecule has 1 unspecified atom stereocenters. The summed E-state index contributed by atoms with van der Waals surface area (Å²) in [6.07, 6.45) is 5.14. The second kappa shape index (κ2) is 9.15. The molecule has 1 N–H and O–H groups in total. The monoisotopic (exact) mass is 410 g/mol. The van der Waals surface area contributed by atoms with Crippen LogP contribution in [-0.4, -0.2) is 53.8 Å². The molecule has 4 rings (SSSR count). The Bertz CT molecular complexity index is 990. The average molecular weight is 410 g/mol. The molecule has 1 aliphatic heterocycles. The molecule has 30 heavy (non-hydrogen) atoms. The summed E-state index contributed by atoms with van der Waals surface area (Å²) in [5.41, 5.74) is 1.42. The van der Waals surface area contributed by atoms with Gasteiger partial charge in [-0.1, -0.05) is 12.1 Å². The first-order chi connectivity index (χ1) is 14.7. The number of amides is 1. The van der Waals surface area contributed by atoms with Gasteiger partial charge in [0.05, 0.1) is 38.7 Å². The minimum absolute atomic E-state index is 0.206. The lowest BCUT2D eigenvalue weighted by Gasteiger charge is -2.26. The van der Waals surface area contributed by atoms with Crippen LogP contribution in [0.25, 0.3) is 0 Å². The molecule has 8 heteroatoms. The van der Waals surface area contributed by atoms with Gasteiger partial charge in [-0.25, -0.2) is 4.98 Å². The minimum Gasteiger partial charge on any atom is -0.497 e. The highest BCUT2D eigenvalue weighted by Gasteiger charge is 2.25. The summed E-state index contributed by atoms with van der Waals surface area (Å²) < 4.78 is 18.3. The lowest BCUT2D eigenvalue weighted by molar-refractivity contribution is 0.0312. The third-order valence-electron chi connectivity index (χ3n) is 5.28. The number of carbonyl (C=O) groups excluding carboxylic acids is 1. The molecule has 1 fully saturated rings. The van der Waals surface area contributed by atoms with E-state index in [-0.39, 0.29) is 5.91 Å². The number of nitrogens with zero attached hydrogens (tertiary/aromatic N) is 3. The fourth-order valence-electron chi connectivity index (χ4n) is 3.61. The maximum Gasteiger partial charge on any atom is 0.255 e. The number of hydrogen-bond donors (Lipinski definition) is 1. The third kappa shape index (κ3) is 4.39. The Balaban J connectivity index is 1.58. The summed E-state index contributed by atoms with van der Waals surface area (Å²) in [5, 5.41) is 3.13. The molecule has 1 aromatic carbocycles. The number of benzene rings is 1. The standard InChI is InChI=1S/C22H26N4O4/c1-25-8-7-23-21(25)20(16-4-3-5-17(14-16)28-2)24-22(27)18-6-11-30-19(18)15-26-9-12-29-13-10-26/h3-8,11,14,20H,9-10,12-13,15H2,1-2H3,(H,24,27). The molecule has 3 aromatic rings. The predicted octanol–water partition coefficient (Wildman–Crippen LogP) is 2.37. The van der Waals surface area contributed by atoms with Crippen LogP contribution < -0.4 is 10.1 Å². The van der Waals surface area contributed by atoms with Gasteiger partial charge in [0.2, 0.25) is 0 Å². The summed E-state index contributed by atoms with van der Waals surface area (Å²) in [4.78, 5) is 19.9. The number of aryl methyl sites for hydroxylation is 1. The lowest BCUT2D eigenvalue weighted by atomic mass is 10.0. The van der Waals surface area contributed by atoms with Crippen molar-refractivity contribution in [2.24, 2.45) is 7.05 Å². The van der Waals surface area contributed by atoms with Gasteiger partial charge in [-0.05, 0) is 23.8 Å². The lowest BCUT2D eigenvalue weighted by Crippen LogP contribution is -2.36. The molecule has 3 heterocycles. The summed E-state index contributed by atoms with van der Waals surface area (Å²) in [5.74, 6) is 1.90. The SMILES string of the molecule is COc1cccc(C(NC(=O)c2ccoc2CN2CCOCC2)c2nccn2C)c1. The highest BCUT2D eigenvalue weighted by atomic mass is 16.5. The highest BCUT2D eigenvalue weighted by molar-refractivity contribution is 5.95. The normalized spacial score (nSPS) is 15.7. The number of morpholine rings is 1. The molecule has 1 amide bonds. The molecule has 0 saturated carbocycles. The van der Waals surface area contributed by atoms with Crippen LogP contribution in [0.4, 0.5) is 0 Å². The van der Waals surface area contributed by atoms with E-state index in [0.717, 1.165) is 30.2 Å². The zero-order chi connectivity index (χ0) is 20.9. The van der Waals surface area contributed by atoms with Crippen molar-refractivity contribution >= 4 is 5.91 Å². The third-order valence-corrected chi connectivity index (χ3v) is 5.28. The molecule has 1 atom stereocenters. The van der Waals surface area contributed by atoms with Crippen LogP contribution in [0.1, 0.15) is 33.5 Å². The number of aromatic nitrogens is 2. The molecule has 1 aliphatic rings. The molecule has 0 aliphatic carbocycles. The van der Waals surface area contributed by atoms with E-state index in [9.17, 15) is 4.79 Å². The molecule has 2 aromatic heterocycles. The van der Waals surface area contributed by atoms with Crippen LogP contribution in [0, 0.1) is 0 Å². The van der Waals surface area contributed by atoms with Crippen LogP contribution in [-0.2, 0) is 18.3 Å². The molecule has 158 valence electrons. The summed E-state index contributed by atoms with van der Waals surface area (Å²) in [6, 6.07) is 8.91. The van der Waals surface area contributed by atoms with Crippen molar-refractivity contribution in [3.63, 3.8) is 0 Å². The molecule has 0 bridgehead atoms. The van der Waals surface area contributed by atoms with Crippen LogP contribution in [0.5, 0.6) is 5.75 Å².